The molecule has 2 rings (SSSR count). The van der Waals surface area contributed by atoms with E-state index in [2.05, 4.69) is 0 Å². The number of amides is 1. The van der Waals surface area contributed by atoms with E-state index in [1.165, 1.54) is 5.06 Å². The molecule has 2 aromatic rings. The lowest BCUT2D eigenvalue weighted by atomic mass is 9.94. The summed E-state index contributed by atoms with van der Waals surface area (Å²) in [4.78, 5) is 30.6. The molecule has 0 spiro atoms. The van der Waals surface area contributed by atoms with Crippen molar-refractivity contribution in [2.45, 2.75) is 39.8 Å². The van der Waals surface area contributed by atoms with Gasteiger partial charge in [-0.3, -0.25) is 14.4 Å². The van der Waals surface area contributed by atoms with Gasteiger partial charge in [0.1, 0.15) is 18.1 Å². The summed E-state index contributed by atoms with van der Waals surface area (Å²) >= 11 is 0. The van der Waals surface area contributed by atoms with Crippen LogP contribution in [0.25, 0.3) is 0 Å². The fraction of sp³-hybridized carbons (Fsp3) is 0.417. The first-order valence-corrected chi connectivity index (χ1v) is 10.2. The normalized spacial score (nSPS) is 11.8. The Kier molecular flexibility index (Phi) is 9.34. The van der Waals surface area contributed by atoms with Gasteiger partial charge in [0.25, 0.3) is 0 Å². The third kappa shape index (κ3) is 7.61. The lowest BCUT2D eigenvalue weighted by Gasteiger charge is -2.25. The van der Waals surface area contributed by atoms with Crippen LogP contribution in [0.2, 0.25) is 0 Å². The highest BCUT2D eigenvalue weighted by Crippen LogP contribution is 2.27. The lowest BCUT2D eigenvalue weighted by Crippen LogP contribution is -2.34. The first kappa shape index (κ1) is 24.2. The zero-order valence-corrected chi connectivity index (χ0v) is 18.5. The highest BCUT2D eigenvalue weighted by molar-refractivity contribution is 5.81. The van der Waals surface area contributed by atoms with Gasteiger partial charge in [0.05, 0.1) is 26.7 Å². The number of methoxy groups -OCH3 is 2. The third-order valence-corrected chi connectivity index (χ3v) is 4.84. The molecule has 1 N–H and O–H groups in total. The van der Waals surface area contributed by atoms with E-state index in [0.717, 1.165) is 11.1 Å². The molecule has 2 aromatic carbocycles. The summed E-state index contributed by atoms with van der Waals surface area (Å²) in [6, 6.07) is 14.8. The minimum atomic E-state index is -0.980. The molecule has 31 heavy (non-hydrogen) atoms. The van der Waals surface area contributed by atoms with Gasteiger partial charge in [-0.05, 0) is 30.0 Å². The van der Waals surface area contributed by atoms with E-state index >= 15 is 0 Å². The van der Waals surface area contributed by atoms with Crippen LogP contribution in [0.15, 0.2) is 48.5 Å². The molecule has 7 heteroatoms. The maximum absolute atomic E-state index is 13.1. The summed E-state index contributed by atoms with van der Waals surface area (Å²) < 4.78 is 10.7. The van der Waals surface area contributed by atoms with Crippen LogP contribution in [0.3, 0.4) is 0 Å². The number of carboxylic acids is 1. The zero-order chi connectivity index (χ0) is 22.8. The molecule has 168 valence electrons. The second kappa shape index (κ2) is 12.0. The van der Waals surface area contributed by atoms with E-state index in [4.69, 9.17) is 14.3 Å². The molecule has 0 radical (unpaired) electrons. The Balaban J connectivity index is 2.23. The van der Waals surface area contributed by atoms with Crippen LogP contribution >= 0.6 is 0 Å². The van der Waals surface area contributed by atoms with Crippen LogP contribution < -0.4 is 9.47 Å². The number of hydrogen-bond donors (Lipinski definition) is 1. The Morgan fingerprint density at radius 3 is 2.32 bits per heavy atom. The molecule has 0 saturated heterocycles. The summed E-state index contributed by atoms with van der Waals surface area (Å²) in [6.45, 7) is 4.18. The second-order valence-electron chi connectivity index (χ2n) is 7.74. The number of carboxylic acid groups (broad SMARTS) is 1. The van der Waals surface area contributed by atoms with Gasteiger partial charge < -0.3 is 14.6 Å². The molecule has 0 aliphatic carbocycles. The van der Waals surface area contributed by atoms with E-state index in [9.17, 15) is 14.7 Å². The van der Waals surface area contributed by atoms with Crippen molar-refractivity contribution in [1.82, 2.24) is 5.06 Å². The predicted octanol–water partition coefficient (Wildman–Crippen LogP) is 4.30. The standard InChI is InChI=1S/C24H31NO6/c1-17(2)12-20(24(27)28)13-23(26)25(31-16-18-8-6-5-7-9-18)15-19-10-11-21(29-3)14-22(19)30-4/h5-11,14,17,20H,12-13,15-16H2,1-4H3,(H,27,28). The van der Waals surface area contributed by atoms with Crippen molar-refractivity contribution in [2.75, 3.05) is 14.2 Å². The fourth-order valence-corrected chi connectivity index (χ4v) is 3.22. The van der Waals surface area contributed by atoms with E-state index in [1.807, 2.05) is 44.2 Å². The van der Waals surface area contributed by atoms with Gasteiger partial charge in [0.2, 0.25) is 5.91 Å². The van der Waals surface area contributed by atoms with Crippen molar-refractivity contribution in [1.29, 1.82) is 0 Å². The van der Waals surface area contributed by atoms with Crippen molar-refractivity contribution in [3.63, 3.8) is 0 Å². The average Bonchev–Trinajstić information content (AvgIpc) is 2.76. The first-order valence-electron chi connectivity index (χ1n) is 10.2. The Bertz CT molecular complexity index is 852. The molecule has 7 nitrogen and oxygen atoms in total. The number of rotatable bonds is 12. The van der Waals surface area contributed by atoms with Crippen molar-refractivity contribution in [2.24, 2.45) is 11.8 Å². The number of ether oxygens (including phenoxy) is 2. The van der Waals surface area contributed by atoms with Gasteiger partial charge in [0, 0.05) is 18.1 Å². The summed E-state index contributed by atoms with van der Waals surface area (Å²) in [6.07, 6.45) is 0.278. The predicted molar refractivity (Wildman–Crippen MR) is 117 cm³/mol. The van der Waals surface area contributed by atoms with Gasteiger partial charge in [-0.1, -0.05) is 44.2 Å². The van der Waals surface area contributed by atoms with Crippen molar-refractivity contribution >= 4 is 11.9 Å². The lowest BCUT2D eigenvalue weighted by molar-refractivity contribution is -0.197. The van der Waals surface area contributed by atoms with E-state index < -0.39 is 11.9 Å². The van der Waals surface area contributed by atoms with Crippen LogP contribution in [-0.2, 0) is 27.6 Å². The molecule has 0 aliphatic rings. The quantitative estimate of drug-likeness (QED) is 0.506. The molecule has 0 aromatic heterocycles. The summed E-state index contributed by atoms with van der Waals surface area (Å²) in [5.41, 5.74) is 1.62. The Hall–Kier alpha value is -3.06. The monoisotopic (exact) mass is 429 g/mol. The van der Waals surface area contributed by atoms with E-state index in [1.54, 1.807) is 32.4 Å². The molecule has 0 bridgehead atoms. The molecule has 1 atom stereocenters. The van der Waals surface area contributed by atoms with Gasteiger partial charge in [0.15, 0.2) is 0 Å². The number of hydroxylamine groups is 2. The molecule has 1 amide bonds. The van der Waals surface area contributed by atoms with Gasteiger partial charge in [-0.25, -0.2) is 5.06 Å². The first-order chi connectivity index (χ1) is 14.8. The van der Waals surface area contributed by atoms with Crippen LogP contribution in [0.1, 0.15) is 37.8 Å². The van der Waals surface area contributed by atoms with Crippen LogP contribution in [0.4, 0.5) is 0 Å². The topological polar surface area (TPSA) is 85.3 Å². The Morgan fingerprint density at radius 2 is 1.74 bits per heavy atom. The largest absolute Gasteiger partial charge is 0.497 e. The van der Waals surface area contributed by atoms with Gasteiger partial charge >= 0.3 is 5.97 Å². The fourth-order valence-electron chi connectivity index (χ4n) is 3.22. The number of aliphatic carboxylic acids is 1. The second-order valence-corrected chi connectivity index (χ2v) is 7.74. The molecular weight excluding hydrogens is 398 g/mol. The van der Waals surface area contributed by atoms with Crippen LogP contribution in [0, 0.1) is 11.8 Å². The maximum Gasteiger partial charge on any atom is 0.307 e. The highest BCUT2D eigenvalue weighted by atomic mass is 16.7. The van der Waals surface area contributed by atoms with E-state index in [-0.39, 0.29) is 31.4 Å². The summed E-state index contributed by atoms with van der Waals surface area (Å²) in [5.74, 6) is -0.791. The number of nitrogens with zero attached hydrogens (tertiary/aromatic N) is 1. The summed E-state index contributed by atoms with van der Waals surface area (Å²) in [7, 11) is 3.10. The van der Waals surface area contributed by atoms with Crippen LogP contribution in [0.5, 0.6) is 11.5 Å². The molecule has 0 saturated carbocycles. The maximum atomic E-state index is 13.1. The van der Waals surface area contributed by atoms with Gasteiger partial charge in [-0.2, -0.15) is 0 Å². The minimum absolute atomic E-state index is 0.118. The number of carbonyl (C=O) groups excluding carboxylic acids is 1. The molecule has 0 aliphatic heterocycles. The highest BCUT2D eigenvalue weighted by Gasteiger charge is 2.27. The smallest absolute Gasteiger partial charge is 0.307 e. The molecule has 1 unspecified atom stereocenters. The van der Waals surface area contributed by atoms with Crippen LogP contribution in [-0.4, -0.2) is 36.3 Å². The average molecular weight is 430 g/mol. The number of carbonyl (C=O) groups is 2. The summed E-state index contributed by atoms with van der Waals surface area (Å²) in [5, 5.41) is 10.8. The number of hydrogen-bond acceptors (Lipinski definition) is 5. The van der Waals surface area contributed by atoms with Gasteiger partial charge in [-0.15, -0.1) is 0 Å². The molecule has 0 fully saturated rings. The third-order valence-electron chi connectivity index (χ3n) is 4.84. The van der Waals surface area contributed by atoms with E-state index in [0.29, 0.717) is 17.9 Å². The number of benzene rings is 2. The van der Waals surface area contributed by atoms with Crippen molar-refractivity contribution < 1.29 is 29.0 Å². The van der Waals surface area contributed by atoms with Crippen molar-refractivity contribution in [3.05, 3.63) is 59.7 Å². The minimum Gasteiger partial charge on any atom is -0.497 e. The molecular formula is C24H31NO6. The zero-order valence-electron chi connectivity index (χ0n) is 18.5. The van der Waals surface area contributed by atoms with Crippen molar-refractivity contribution in [3.8, 4) is 11.5 Å². The Morgan fingerprint density at radius 1 is 1.03 bits per heavy atom. The molecule has 0 heterocycles. The Labute approximate surface area is 183 Å². The SMILES string of the molecule is COc1ccc(CN(OCc2ccccc2)C(=O)CC(CC(C)C)C(=O)O)c(OC)c1.